The Morgan fingerprint density at radius 3 is 2.72 bits per heavy atom. The van der Waals surface area contributed by atoms with E-state index in [2.05, 4.69) is 22.2 Å². The zero-order valence-corrected chi connectivity index (χ0v) is 14.4. The smallest absolute Gasteiger partial charge is 0.256 e. The highest BCUT2D eigenvalue weighted by atomic mass is 16.5. The molecule has 128 valence electrons. The topological polar surface area (TPSA) is 62.7 Å². The van der Waals surface area contributed by atoms with Crippen LogP contribution in [-0.2, 0) is 6.54 Å². The molecule has 0 aliphatic carbocycles. The zero-order valence-electron chi connectivity index (χ0n) is 14.4. The highest BCUT2D eigenvalue weighted by Crippen LogP contribution is 2.28. The minimum absolute atomic E-state index is 0.00781. The maximum Gasteiger partial charge on any atom is 0.256 e. The lowest BCUT2D eigenvalue weighted by Crippen LogP contribution is -2.39. The first-order valence-corrected chi connectivity index (χ1v) is 8.13. The predicted molar refractivity (Wildman–Crippen MR) is 100 cm³/mol. The van der Waals surface area contributed by atoms with Crippen molar-refractivity contribution in [2.24, 2.45) is 4.99 Å². The number of fused-ring (bicyclic) bond motifs is 1. The molecule has 0 fully saturated rings. The summed E-state index contributed by atoms with van der Waals surface area (Å²) in [6, 6.07) is 13.7. The van der Waals surface area contributed by atoms with E-state index in [1.165, 1.54) is 6.20 Å². The second-order valence-corrected chi connectivity index (χ2v) is 5.88. The Morgan fingerprint density at radius 2 is 2.04 bits per heavy atom. The third-order valence-electron chi connectivity index (χ3n) is 4.30. The standard InChI is InChI=1S/C20H21N3O2/c1-4-21-19-13(2)18-11-15(7-10-17(18)20(24)23-19)22-12-14-5-8-16(25-3)9-6-14/h4-11,13,22H,1,12H2,2-3H3,(H,21,23,24). The van der Waals surface area contributed by atoms with Crippen molar-refractivity contribution in [3.63, 3.8) is 0 Å². The molecule has 0 saturated heterocycles. The fourth-order valence-corrected chi connectivity index (χ4v) is 2.87. The third kappa shape index (κ3) is 3.55. The molecule has 1 atom stereocenters. The summed E-state index contributed by atoms with van der Waals surface area (Å²) in [6.45, 7) is 6.32. The molecule has 1 amide bonds. The number of carbonyl (C=O) groups is 1. The number of nitrogens with one attached hydrogen (secondary N) is 2. The van der Waals surface area contributed by atoms with Crippen molar-refractivity contribution in [1.82, 2.24) is 5.32 Å². The fraction of sp³-hybridized carbons (Fsp3) is 0.200. The molecular weight excluding hydrogens is 314 g/mol. The highest BCUT2D eigenvalue weighted by Gasteiger charge is 2.27. The van der Waals surface area contributed by atoms with Gasteiger partial charge in [0, 0.05) is 29.9 Å². The molecule has 0 bridgehead atoms. The maximum absolute atomic E-state index is 12.2. The molecule has 0 aromatic heterocycles. The average Bonchev–Trinajstić information content (AvgIpc) is 2.64. The number of ether oxygens (including phenoxy) is 1. The van der Waals surface area contributed by atoms with Crippen LogP contribution in [0.3, 0.4) is 0 Å². The van der Waals surface area contributed by atoms with Crippen LogP contribution in [0.25, 0.3) is 0 Å². The summed E-state index contributed by atoms with van der Waals surface area (Å²) in [6.07, 6.45) is 1.45. The third-order valence-corrected chi connectivity index (χ3v) is 4.30. The Morgan fingerprint density at radius 1 is 1.28 bits per heavy atom. The molecule has 2 aromatic carbocycles. The minimum atomic E-state index is -0.129. The van der Waals surface area contributed by atoms with Crippen LogP contribution in [0, 0.1) is 0 Å². The summed E-state index contributed by atoms with van der Waals surface area (Å²) in [7, 11) is 1.65. The number of amides is 1. The Hall–Kier alpha value is -3.08. The number of amidine groups is 1. The Kier molecular flexibility index (Phi) is 4.84. The quantitative estimate of drug-likeness (QED) is 0.876. The van der Waals surface area contributed by atoms with Crippen LogP contribution in [0.5, 0.6) is 5.75 Å². The number of benzene rings is 2. The van der Waals surface area contributed by atoms with Crippen LogP contribution in [0.4, 0.5) is 5.69 Å². The Balaban J connectivity index is 1.79. The van der Waals surface area contributed by atoms with E-state index < -0.39 is 0 Å². The molecule has 1 heterocycles. The number of nitrogens with zero attached hydrogens (tertiary/aromatic N) is 1. The molecule has 2 N–H and O–H groups in total. The van der Waals surface area contributed by atoms with Crippen molar-refractivity contribution in [2.45, 2.75) is 19.4 Å². The second kappa shape index (κ2) is 7.21. The molecule has 1 aliphatic rings. The van der Waals surface area contributed by atoms with Crippen molar-refractivity contribution < 1.29 is 9.53 Å². The molecule has 1 aliphatic heterocycles. The molecular formula is C20H21N3O2. The lowest BCUT2D eigenvalue weighted by molar-refractivity contribution is 0.0971. The second-order valence-electron chi connectivity index (χ2n) is 5.88. The molecule has 1 unspecified atom stereocenters. The molecule has 5 nitrogen and oxygen atoms in total. The van der Waals surface area contributed by atoms with Crippen LogP contribution in [0.1, 0.15) is 34.3 Å². The van der Waals surface area contributed by atoms with Gasteiger partial charge in [-0.3, -0.25) is 4.79 Å². The molecule has 25 heavy (non-hydrogen) atoms. The Labute approximate surface area is 147 Å². The van der Waals surface area contributed by atoms with E-state index in [-0.39, 0.29) is 11.8 Å². The van der Waals surface area contributed by atoms with Gasteiger partial charge >= 0.3 is 0 Å². The van der Waals surface area contributed by atoms with Crippen molar-refractivity contribution in [2.75, 3.05) is 12.4 Å². The van der Waals surface area contributed by atoms with Crippen molar-refractivity contribution in [3.05, 3.63) is 71.9 Å². The van der Waals surface area contributed by atoms with E-state index in [4.69, 9.17) is 4.74 Å². The van der Waals surface area contributed by atoms with Crippen molar-refractivity contribution in [3.8, 4) is 5.75 Å². The molecule has 0 spiro atoms. The predicted octanol–water partition coefficient (Wildman–Crippen LogP) is 3.70. The van der Waals surface area contributed by atoms with Gasteiger partial charge in [-0.15, -0.1) is 0 Å². The first-order valence-electron chi connectivity index (χ1n) is 8.13. The molecule has 3 rings (SSSR count). The summed E-state index contributed by atoms with van der Waals surface area (Å²) in [5, 5.41) is 6.22. The van der Waals surface area contributed by atoms with Gasteiger partial charge in [-0.1, -0.05) is 25.6 Å². The first-order chi connectivity index (χ1) is 12.1. The fourth-order valence-electron chi connectivity index (χ4n) is 2.87. The number of hydrogen-bond donors (Lipinski definition) is 2. The van der Waals surface area contributed by atoms with Gasteiger partial charge in [0.15, 0.2) is 0 Å². The van der Waals surface area contributed by atoms with Gasteiger partial charge in [0.1, 0.15) is 11.6 Å². The lowest BCUT2D eigenvalue weighted by atomic mass is 9.90. The van der Waals surface area contributed by atoms with E-state index in [1.54, 1.807) is 7.11 Å². The SMILES string of the molecule is C=C/N=C1/NC(=O)c2ccc(NCc3ccc(OC)cc3)cc2C1C. The number of anilines is 1. The van der Waals surface area contributed by atoms with E-state index in [1.807, 2.05) is 49.4 Å². The highest BCUT2D eigenvalue weighted by molar-refractivity contribution is 6.13. The van der Waals surface area contributed by atoms with Gasteiger partial charge in [-0.05, 0) is 41.5 Å². The molecule has 2 aromatic rings. The molecule has 5 heteroatoms. The van der Waals surface area contributed by atoms with Crippen LogP contribution >= 0.6 is 0 Å². The van der Waals surface area contributed by atoms with Gasteiger partial charge in [-0.25, -0.2) is 4.99 Å². The lowest BCUT2D eigenvalue weighted by Gasteiger charge is -2.25. The summed E-state index contributed by atoms with van der Waals surface area (Å²) >= 11 is 0. The van der Waals surface area contributed by atoms with Crippen LogP contribution in [0.2, 0.25) is 0 Å². The number of methoxy groups -OCH3 is 1. The van der Waals surface area contributed by atoms with Crippen LogP contribution < -0.4 is 15.4 Å². The van der Waals surface area contributed by atoms with Crippen LogP contribution in [-0.4, -0.2) is 18.9 Å². The number of carbonyl (C=O) groups excluding carboxylic acids is 1. The van der Waals surface area contributed by atoms with Gasteiger partial charge in [0.05, 0.1) is 7.11 Å². The summed E-state index contributed by atoms with van der Waals surface area (Å²) in [5.41, 5.74) is 3.77. The van der Waals surface area contributed by atoms with E-state index in [0.717, 1.165) is 22.6 Å². The van der Waals surface area contributed by atoms with Gasteiger partial charge in [0.25, 0.3) is 5.91 Å². The maximum atomic E-state index is 12.2. The van der Waals surface area contributed by atoms with Crippen molar-refractivity contribution >= 4 is 17.4 Å². The summed E-state index contributed by atoms with van der Waals surface area (Å²) in [4.78, 5) is 16.4. The zero-order chi connectivity index (χ0) is 17.8. The normalized spacial score (nSPS) is 17.6. The van der Waals surface area contributed by atoms with E-state index in [0.29, 0.717) is 17.9 Å². The van der Waals surface area contributed by atoms with Gasteiger partial charge in [0.2, 0.25) is 0 Å². The number of aliphatic imine (C=N–C) groups is 1. The molecule has 0 radical (unpaired) electrons. The largest absolute Gasteiger partial charge is 0.497 e. The summed E-state index contributed by atoms with van der Waals surface area (Å²) in [5.74, 6) is 1.34. The minimum Gasteiger partial charge on any atom is -0.497 e. The number of hydrogen-bond acceptors (Lipinski definition) is 4. The van der Waals surface area contributed by atoms with Gasteiger partial charge in [-0.2, -0.15) is 0 Å². The van der Waals surface area contributed by atoms with E-state index >= 15 is 0 Å². The van der Waals surface area contributed by atoms with E-state index in [9.17, 15) is 4.79 Å². The first kappa shape index (κ1) is 16.8. The average molecular weight is 335 g/mol. The number of rotatable bonds is 5. The van der Waals surface area contributed by atoms with Crippen LogP contribution in [0.15, 0.2) is 60.2 Å². The summed E-state index contributed by atoms with van der Waals surface area (Å²) < 4.78 is 5.17. The monoisotopic (exact) mass is 335 g/mol. The van der Waals surface area contributed by atoms with Gasteiger partial charge < -0.3 is 15.4 Å². The van der Waals surface area contributed by atoms with Crippen molar-refractivity contribution in [1.29, 1.82) is 0 Å². The molecule has 0 saturated carbocycles. The Bertz CT molecular complexity index is 825.